The molecule has 2 aromatic carbocycles. The molecule has 27 heavy (non-hydrogen) atoms. The second kappa shape index (κ2) is 6.66. The number of carbonyl (C=O) groups excluding carboxylic acids is 2. The fourth-order valence-corrected chi connectivity index (χ4v) is 4.80. The van der Waals surface area contributed by atoms with Crippen LogP contribution in [0.2, 0.25) is 0 Å². The maximum absolute atomic E-state index is 13.0. The average Bonchev–Trinajstić information content (AvgIpc) is 3.32. The molecular formula is C21H19N2NaO3. The van der Waals surface area contributed by atoms with Gasteiger partial charge in [-0.15, -0.1) is 0 Å². The molecule has 0 saturated carbocycles. The molecule has 1 atom stereocenters. The number of anilines is 1. The average molecular weight is 370 g/mol. The first kappa shape index (κ1) is 18.5. The Morgan fingerprint density at radius 2 is 1.59 bits per heavy atom. The van der Waals surface area contributed by atoms with Crippen LogP contribution in [0.25, 0.3) is 0 Å². The van der Waals surface area contributed by atoms with Gasteiger partial charge in [0, 0.05) is 31.7 Å². The second-order valence-corrected chi connectivity index (χ2v) is 7.52. The van der Waals surface area contributed by atoms with Gasteiger partial charge in [-0.25, -0.2) is 0 Å². The largest absolute Gasteiger partial charge is 1.00 e. The number of hydrogen-bond donors (Lipinski definition) is 0. The number of fused-ring (bicyclic) bond motifs is 1. The van der Waals surface area contributed by atoms with Crippen LogP contribution in [0.4, 0.5) is 5.69 Å². The van der Waals surface area contributed by atoms with Crippen LogP contribution in [0, 0.1) is 0 Å². The minimum atomic E-state index is -1.26. The van der Waals surface area contributed by atoms with Crippen LogP contribution in [0.1, 0.15) is 28.7 Å². The van der Waals surface area contributed by atoms with E-state index in [1.165, 1.54) is 5.56 Å². The molecule has 0 fully saturated rings. The Hall–Kier alpha value is -1.82. The Morgan fingerprint density at radius 1 is 0.963 bits per heavy atom. The summed E-state index contributed by atoms with van der Waals surface area (Å²) in [6, 6.07) is 14.0. The molecule has 6 heteroatoms. The van der Waals surface area contributed by atoms with Gasteiger partial charge in [-0.05, 0) is 28.7 Å². The molecule has 0 bridgehead atoms. The van der Waals surface area contributed by atoms with E-state index < -0.39 is 11.5 Å². The first-order chi connectivity index (χ1) is 12.6. The van der Waals surface area contributed by atoms with E-state index in [-0.39, 0.29) is 41.9 Å². The zero-order valence-corrected chi connectivity index (χ0v) is 17.4. The van der Waals surface area contributed by atoms with Gasteiger partial charge in [0.05, 0.1) is 17.9 Å². The minimum absolute atomic E-state index is 0. The zero-order valence-electron chi connectivity index (χ0n) is 15.4. The number of para-hydroxylation sites is 1. The zero-order chi connectivity index (χ0) is 17.9. The summed E-state index contributed by atoms with van der Waals surface area (Å²) in [5, 5.41) is 12.2. The van der Waals surface area contributed by atoms with Crippen LogP contribution >= 0.6 is 0 Å². The monoisotopic (exact) mass is 370 g/mol. The van der Waals surface area contributed by atoms with Crippen molar-refractivity contribution in [2.24, 2.45) is 0 Å². The topological polar surface area (TPSA) is 63.7 Å². The molecule has 0 aliphatic carbocycles. The Labute approximate surface area is 180 Å². The van der Waals surface area contributed by atoms with Crippen LogP contribution in [-0.2, 0) is 35.5 Å². The van der Waals surface area contributed by atoms with E-state index in [0.717, 1.165) is 28.8 Å². The van der Waals surface area contributed by atoms with Crippen LogP contribution in [0.5, 0.6) is 0 Å². The number of carboxylic acid groups (broad SMARTS) is 1. The fraction of sp³-hybridized carbons (Fsp3) is 0.333. The van der Waals surface area contributed by atoms with Crippen molar-refractivity contribution in [1.82, 2.24) is 4.90 Å². The number of carboxylic acids is 1. The third-order valence-electron chi connectivity index (χ3n) is 6.09. The van der Waals surface area contributed by atoms with Gasteiger partial charge < -0.3 is 19.7 Å². The van der Waals surface area contributed by atoms with E-state index in [1.54, 1.807) is 4.90 Å². The van der Waals surface area contributed by atoms with Crippen molar-refractivity contribution in [2.75, 3.05) is 11.4 Å². The Bertz CT molecular complexity index is 920. The van der Waals surface area contributed by atoms with E-state index >= 15 is 0 Å². The summed E-state index contributed by atoms with van der Waals surface area (Å²) in [6.07, 6.45) is 1.12. The van der Waals surface area contributed by atoms with Gasteiger partial charge in [-0.1, -0.05) is 42.5 Å². The van der Waals surface area contributed by atoms with Crippen molar-refractivity contribution < 1.29 is 44.3 Å². The SMILES string of the molecule is O=C(CC1(C(=O)[O-])Cc2cccc3c2N1CC3)N1Cc2ccccc2C1.[Na+]. The Morgan fingerprint density at radius 3 is 2.26 bits per heavy atom. The molecule has 132 valence electrons. The van der Waals surface area contributed by atoms with Gasteiger partial charge >= 0.3 is 29.6 Å². The maximum atomic E-state index is 13.0. The molecular weight excluding hydrogens is 351 g/mol. The van der Waals surface area contributed by atoms with Crippen molar-refractivity contribution in [3.8, 4) is 0 Å². The van der Waals surface area contributed by atoms with Gasteiger partial charge in [0.15, 0.2) is 0 Å². The van der Waals surface area contributed by atoms with Gasteiger partial charge in [-0.2, -0.15) is 0 Å². The molecule has 3 aliphatic heterocycles. The molecule has 3 aliphatic rings. The molecule has 0 N–H and O–H groups in total. The molecule has 5 rings (SSSR count). The first-order valence-electron chi connectivity index (χ1n) is 9.03. The summed E-state index contributed by atoms with van der Waals surface area (Å²) >= 11 is 0. The van der Waals surface area contributed by atoms with Crippen molar-refractivity contribution in [1.29, 1.82) is 0 Å². The molecule has 3 heterocycles. The molecule has 5 nitrogen and oxygen atoms in total. The van der Waals surface area contributed by atoms with Crippen molar-refractivity contribution in [3.05, 3.63) is 64.7 Å². The second-order valence-electron chi connectivity index (χ2n) is 7.52. The number of hydrogen-bond acceptors (Lipinski definition) is 4. The third-order valence-corrected chi connectivity index (χ3v) is 6.09. The Kier molecular flexibility index (Phi) is 4.57. The summed E-state index contributed by atoms with van der Waals surface area (Å²) in [5.74, 6) is -1.27. The summed E-state index contributed by atoms with van der Waals surface area (Å²) in [7, 11) is 0. The van der Waals surface area contributed by atoms with E-state index in [1.807, 2.05) is 47.4 Å². The Balaban J connectivity index is 0.00000180. The van der Waals surface area contributed by atoms with Crippen LogP contribution < -0.4 is 39.6 Å². The van der Waals surface area contributed by atoms with Crippen molar-refractivity contribution in [3.63, 3.8) is 0 Å². The molecule has 0 radical (unpaired) electrons. The molecule has 0 spiro atoms. The number of rotatable bonds is 3. The minimum Gasteiger partial charge on any atom is -0.548 e. The molecule has 0 saturated heterocycles. The van der Waals surface area contributed by atoms with E-state index in [2.05, 4.69) is 0 Å². The number of carbonyl (C=O) groups is 2. The first-order valence-corrected chi connectivity index (χ1v) is 9.03. The third kappa shape index (κ3) is 2.72. The number of benzene rings is 2. The molecule has 1 amide bonds. The summed E-state index contributed by atoms with van der Waals surface area (Å²) < 4.78 is 0. The van der Waals surface area contributed by atoms with Crippen LogP contribution in [0.3, 0.4) is 0 Å². The molecule has 2 aromatic rings. The van der Waals surface area contributed by atoms with Crippen molar-refractivity contribution >= 4 is 17.6 Å². The molecule has 0 aromatic heterocycles. The normalized spacial score (nSPS) is 21.6. The fourth-order valence-electron chi connectivity index (χ4n) is 4.80. The predicted molar refractivity (Wildman–Crippen MR) is 94.2 cm³/mol. The van der Waals surface area contributed by atoms with Gasteiger partial charge in [0.1, 0.15) is 0 Å². The maximum Gasteiger partial charge on any atom is 1.00 e. The van der Waals surface area contributed by atoms with Crippen LogP contribution in [0.15, 0.2) is 42.5 Å². The quantitative estimate of drug-likeness (QED) is 0.588. The standard InChI is InChI=1S/C21H20N2O3.Na/c24-18(22-12-16-4-1-2-5-17(16)13-22)11-21(20(25)26)10-15-7-3-6-14-8-9-23(21)19(14)15;/h1-7H,8-13H2,(H,25,26);/q;+1/p-1. The van der Waals surface area contributed by atoms with Gasteiger partial charge in [0.2, 0.25) is 5.91 Å². The van der Waals surface area contributed by atoms with Crippen LogP contribution in [-0.4, -0.2) is 28.9 Å². The summed E-state index contributed by atoms with van der Waals surface area (Å²) in [6.45, 7) is 1.74. The van der Waals surface area contributed by atoms with Gasteiger partial charge in [0.25, 0.3) is 0 Å². The van der Waals surface area contributed by atoms with E-state index in [4.69, 9.17) is 0 Å². The molecule has 1 unspecified atom stereocenters. The predicted octanol–water partition coefficient (Wildman–Crippen LogP) is -1.97. The smallest absolute Gasteiger partial charge is 0.548 e. The van der Waals surface area contributed by atoms with E-state index in [0.29, 0.717) is 26.1 Å². The van der Waals surface area contributed by atoms with E-state index in [9.17, 15) is 14.7 Å². The summed E-state index contributed by atoms with van der Waals surface area (Å²) in [5.41, 5.74) is 4.21. The van der Waals surface area contributed by atoms with Gasteiger partial charge in [-0.3, -0.25) is 4.79 Å². The summed E-state index contributed by atoms with van der Waals surface area (Å²) in [4.78, 5) is 28.9. The number of nitrogens with zero attached hydrogens (tertiary/aromatic N) is 2. The van der Waals surface area contributed by atoms with Crippen molar-refractivity contribution in [2.45, 2.75) is 37.9 Å². The number of amides is 1. The number of aliphatic carboxylic acids is 1.